The van der Waals surface area contributed by atoms with Crippen LogP contribution in [-0.2, 0) is 16.0 Å². The lowest BCUT2D eigenvalue weighted by Crippen LogP contribution is -2.51. The fourth-order valence-corrected chi connectivity index (χ4v) is 3.65. The van der Waals surface area contributed by atoms with Gasteiger partial charge in [-0.3, -0.25) is 9.59 Å². The molecular formula is C21H26N2O2. The second kappa shape index (κ2) is 7.68. The van der Waals surface area contributed by atoms with E-state index in [1.54, 1.807) is 6.92 Å². The zero-order chi connectivity index (χ0) is 17.8. The molecule has 0 saturated carbocycles. The number of likely N-dealkylation sites (tertiary alicyclic amines) is 1. The molecule has 1 heterocycles. The Hall–Kier alpha value is -2.36. The van der Waals surface area contributed by atoms with Crippen LogP contribution in [0.1, 0.15) is 38.7 Å². The van der Waals surface area contributed by atoms with Gasteiger partial charge in [-0.05, 0) is 49.4 Å². The Bertz CT molecular complexity index is 766. The van der Waals surface area contributed by atoms with E-state index < -0.39 is 6.04 Å². The van der Waals surface area contributed by atoms with Crippen molar-refractivity contribution in [2.24, 2.45) is 0 Å². The number of nitrogens with one attached hydrogen (secondary N) is 1. The average molecular weight is 338 g/mol. The molecule has 1 N–H and O–H groups in total. The highest BCUT2D eigenvalue weighted by atomic mass is 16.2. The van der Waals surface area contributed by atoms with Crippen molar-refractivity contribution in [3.63, 3.8) is 0 Å². The quantitative estimate of drug-likeness (QED) is 0.930. The van der Waals surface area contributed by atoms with Crippen molar-refractivity contribution in [2.45, 2.75) is 51.6 Å². The van der Waals surface area contributed by atoms with Gasteiger partial charge >= 0.3 is 0 Å². The highest BCUT2D eigenvalue weighted by molar-refractivity contribution is 5.92. The maximum atomic E-state index is 12.6. The van der Waals surface area contributed by atoms with Gasteiger partial charge < -0.3 is 10.2 Å². The SMILES string of the molecule is CC(NC(=O)Cc1cccc2ccccc12)C(=O)N1CCCCC1C. The van der Waals surface area contributed by atoms with Crippen molar-refractivity contribution >= 4 is 22.6 Å². The van der Waals surface area contributed by atoms with E-state index in [4.69, 9.17) is 0 Å². The second-order valence-electron chi connectivity index (χ2n) is 6.98. The van der Waals surface area contributed by atoms with Crippen molar-refractivity contribution in [2.75, 3.05) is 6.54 Å². The van der Waals surface area contributed by atoms with Gasteiger partial charge in [-0.2, -0.15) is 0 Å². The van der Waals surface area contributed by atoms with Crippen molar-refractivity contribution in [1.29, 1.82) is 0 Å². The lowest BCUT2D eigenvalue weighted by Gasteiger charge is -2.35. The lowest BCUT2D eigenvalue weighted by molar-refractivity contribution is -0.138. The third kappa shape index (κ3) is 4.01. The van der Waals surface area contributed by atoms with Crippen LogP contribution in [0.2, 0.25) is 0 Å². The Morgan fingerprint density at radius 2 is 1.92 bits per heavy atom. The minimum absolute atomic E-state index is 0.0264. The molecule has 1 saturated heterocycles. The summed E-state index contributed by atoms with van der Waals surface area (Å²) in [5.41, 5.74) is 0.988. The summed E-state index contributed by atoms with van der Waals surface area (Å²) in [5.74, 6) is -0.0830. The van der Waals surface area contributed by atoms with E-state index in [1.165, 1.54) is 6.42 Å². The van der Waals surface area contributed by atoms with Crippen LogP contribution in [-0.4, -0.2) is 35.3 Å². The largest absolute Gasteiger partial charge is 0.344 e. The Labute approximate surface area is 149 Å². The molecule has 132 valence electrons. The van der Waals surface area contributed by atoms with Crippen LogP contribution >= 0.6 is 0 Å². The van der Waals surface area contributed by atoms with E-state index in [2.05, 4.69) is 12.2 Å². The molecule has 4 nitrogen and oxygen atoms in total. The summed E-state index contributed by atoms with van der Waals surface area (Å²) in [6, 6.07) is 13.8. The molecule has 2 unspecified atom stereocenters. The van der Waals surface area contributed by atoms with Gasteiger partial charge in [0.15, 0.2) is 0 Å². The van der Waals surface area contributed by atoms with Crippen molar-refractivity contribution in [3.05, 3.63) is 48.0 Å². The summed E-state index contributed by atoms with van der Waals surface area (Å²) < 4.78 is 0. The van der Waals surface area contributed by atoms with Crippen LogP contribution in [0, 0.1) is 0 Å². The summed E-state index contributed by atoms with van der Waals surface area (Å²) >= 11 is 0. The number of rotatable bonds is 4. The van der Waals surface area contributed by atoms with Crippen LogP contribution in [0.25, 0.3) is 10.8 Å². The molecule has 2 atom stereocenters. The third-order valence-corrected chi connectivity index (χ3v) is 5.06. The maximum Gasteiger partial charge on any atom is 0.245 e. The predicted molar refractivity (Wildman–Crippen MR) is 100 cm³/mol. The lowest BCUT2D eigenvalue weighted by atomic mass is 10.0. The highest BCUT2D eigenvalue weighted by Crippen LogP contribution is 2.19. The van der Waals surface area contributed by atoms with Gasteiger partial charge in [0.05, 0.1) is 6.42 Å². The molecule has 1 aliphatic heterocycles. The smallest absolute Gasteiger partial charge is 0.245 e. The molecule has 0 bridgehead atoms. The van der Waals surface area contributed by atoms with Gasteiger partial charge in [-0.1, -0.05) is 42.5 Å². The maximum absolute atomic E-state index is 12.6. The zero-order valence-electron chi connectivity index (χ0n) is 15.0. The van der Waals surface area contributed by atoms with Crippen molar-refractivity contribution < 1.29 is 9.59 Å². The summed E-state index contributed by atoms with van der Waals surface area (Å²) in [7, 11) is 0. The van der Waals surface area contributed by atoms with Crippen molar-refractivity contribution in [3.8, 4) is 0 Å². The van der Waals surface area contributed by atoms with Gasteiger partial charge in [0.2, 0.25) is 11.8 Å². The summed E-state index contributed by atoms with van der Waals surface area (Å²) in [6.07, 6.45) is 3.55. The first-order valence-corrected chi connectivity index (χ1v) is 9.13. The van der Waals surface area contributed by atoms with Gasteiger partial charge in [0.25, 0.3) is 0 Å². The summed E-state index contributed by atoms with van der Waals surface area (Å²) in [5, 5.41) is 5.09. The van der Waals surface area contributed by atoms with Gasteiger partial charge in [-0.15, -0.1) is 0 Å². The zero-order valence-corrected chi connectivity index (χ0v) is 15.0. The molecule has 0 aromatic heterocycles. The molecule has 0 aliphatic carbocycles. The van der Waals surface area contributed by atoms with E-state index in [0.717, 1.165) is 35.7 Å². The van der Waals surface area contributed by atoms with Crippen LogP contribution in [0.15, 0.2) is 42.5 Å². The summed E-state index contributed by atoms with van der Waals surface area (Å²) in [6.45, 7) is 4.66. The molecule has 3 rings (SSSR count). The molecular weight excluding hydrogens is 312 g/mol. The average Bonchev–Trinajstić information content (AvgIpc) is 2.62. The Morgan fingerprint density at radius 3 is 2.72 bits per heavy atom. The number of carbonyl (C=O) groups is 2. The number of fused-ring (bicyclic) bond motifs is 1. The second-order valence-corrected chi connectivity index (χ2v) is 6.98. The molecule has 2 amide bonds. The van der Waals surface area contributed by atoms with Crippen molar-refractivity contribution in [1.82, 2.24) is 10.2 Å². The normalized spacial score (nSPS) is 18.8. The fraction of sp³-hybridized carbons (Fsp3) is 0.429. The third-order valence-electron chi connectivity index (χ3n) is 5.06. The van der Waals surface area contributed by atoms with E-state index in [9.17, 15) is 9.59 Å². The predicted octanol–water partition coefficient (Wildman–Crippen LogP) is 3.29. The molecule has 2 aromatic carbocycles. The standard InChI is InChI=1S/C21H26N2O2/c1-15-8-5-6-13-23(15)21(25)16(2)22-20(24)14-18-11-7-10-17-9-3-4-12-19(17)18/h3-4,7,9-12,15-16H,5-6,8,13-14H2,1-2H3,(H,22,24). The number of piperidine rings is 1. The monoisotopic (exact) mass is 338 g/mol. The topological polar surface area (TPSA) is 49.4 Å². The van der Waals surface area contributed by atoms with Crippen LogP contribution < -0.4 is 5.32 Å². The number of carbonyl (C=O) groups excluding carboxylic acids is 2. The first-order chi connectivity index (χ1) is 12.1. The highest BCUT2D eigenvalue weighted by Gasteiger charge is 2.27. The minimum Gasteiger partial charge on any atom is -0.344 e. The number of benzene rings is 2. The molecule has 0 spiro atoms. The molecule has 0 radical (unpaired) electrons. The molecule has 4 heteroatoms. The molecule has 1 fully saturated rings. The Morgan fingerprint density at radius 1 is 1.16 bits per heavy atom. The minimum atomic E-state index is -0.483. The fourth-order valence-electron chi connectivity index (χ4n) is 3.65. The van der Waals surface area contributed by atoms with Crippen LogP contribution in [0.4, 0.5) is 0 Å². The van der Waals surface area contributed by atoms with Gasteiger partial charge in [-0.25, -0.2) is 0 Å². The van der Waals surface area contributed by atoms with E-state index in [1.807, 2.05) is 47.4 Å². The Balaban J connectivity index is 1.64. The number of nitrogens with zero attached hydrogens (tertiary/aromatic N) is 1. The number of hydrogen-bond acceptors (Lipinski definition) is 2. The molecule has 2 aromatic rings. The first kappa shape index (κ1) is 17.5. The number of amides is 2. The number of hydrogen-bond donors (Lipinski definition) is 1. The van der Waals surface area contributed by atoms with Crippen LogP contribution in [0.3, 0.4) is 0 Å². The van der Waals surface area contributed by atoms with E-state index >= 15 is 0 Å². The summed E-state index contributed by atoms with van der Waals surface area (Å²) in [4.78, 5) is 27.0. The van der Waals surface area contributed by atoms with Crippen LogP contribution in [0.5, 0.6) is 0 Å². The molecule has 1 aliphatic rings. The van der Waals surface area contributed by atoms with E-state index in [0.29, 0.717) is 0 Å². The van der Waals surface area contributed by atoms with Gasteiger partial charge in [0, 0.05) is 12.6 Å². The molecule has 25 heavy (non-hydrogen) atoms. The first-order valence-electron chi connectivity index (χ1n) is 9.13. The Kier molecular flexibility index (Phi) is 5.37. The van der Waals surface area contributed by atoms with Gasteiger partial charge in [0.1, 0.15) is 6.04 Å². The van der Waals surface area contributed by atoms with E-state index in [-0.39, 0.29) is 24.3 Å².